The molecule has 0 amide bonds. The Bertz CT molecular complexity index is 1060. The SMILES string of the molecule is CCCSc1nc2sc3c(c2c(=O)n1-c1ccc(OCC)cc1)CCN(CC)C3. The van der Waals surface area contributed by atoms with E-state index in [9.17, 15) is 4.79 Å². The summed E-state index contributed by atoms with van der Waals surface area (Å²) < 4.78 is 7.35. The maximum Gasteiger partial charge on any atom is 0.267 e. The highest BCUT2D eigenvalue weighted by Gasteiger charge is 2.25. The first-order valence-electron chi connectivity index (χ1n) is 10.3. The molecule has 0 unspecified atom stereocenters. The van der Waals surface area contributed by atoms with Crippen molar-refractivity contribution in [3.05, 3.63) is 45.1 Å². The summed E-state index contributed by atoms with van der Waals surface area (Å²) >= 11 is 3.35. The fraction of sp³-hybridized carbons (Fsp3) is 0.455. The van der Waals surface area contributed by atoms with Crippen LogP contribution in [0.15, 0.2) is 34.2 Å². The largest absolute Gasteiger partial charge is 0.494 e. The van der Waals surface area contributed by atoms with E-state index in [-0.39, 0.29) is 5.56 Å². The molecule has 0 saturated heterocycles. The van der Waals surface area contributed by atoms with E-state index >= 15 is 0 Å². The highest BCUT2D eigenvalue weighted by Crippen LogP contribution is 2.34. The highest BCUT2D eigenvalue weighted by molar-refractivity contribution is 7.99. The summed E-state index contributed by atoms with van der Waals surface area (Å²) in [6, 6.07) is 7.75. The van der Waals surface area contributed by atoms with Gasteiger partial charge in [-0.2, -0.15) is 0 Å². The van der Waals surface area contributed by atoms with Crippen LogP contribution in [0.3, 0.4) is 0 Å². The zero-order valence-electron chi connectivity index (χ0n) is 17.2. The zero-order valence-corrected chi connectivity index (χ0v) is 18.9. The smallest absolute Gasteiger partial charge is 0.267 e. The Balaban J connectivity index is 1.87. The average molecular weight is 430 g/mol. The first kappa shape index (κ1) is 20.4. The van der Waals surface area contributed by atoms with Crippen LogP contribution in [0.1, 0.15) is 37.6 Å². The number of rotatable bonds is 7. The third-order valence-corrected chi connectivity index (χ3v) is 7.47. The number of thioether (sulfide) groups is 1. The van der Waals surface area contributed by atoms with Crippen LogP contribution in [0.25, 0.3) is 15.9 Å². The Labute approximate surface area is 179 Å². The summed E-state index contributed by atoms with van der Waals surface area (Å²) in [6.07, 6.45) is 1.96. The molecule has 0 N–H and O–H groups in total. The number of likely N-dealkylation sites (N-methyl/N-ethyl adjacent to an activating group) is 1. The van der Waals surface area contributed by atoms with Gasteiger partial charge in [0.2, 0.25) is 0 Å². The molecule has 0 spiro atoms. The van der Waals surface area contributed by atoms with E-state index in [0.29, 0.717) is 6.61 Å². The Hall–Kier alpha value is -1.83. The Morgan fingerprint density at radius 2 is 2.00 bits per heavy atom. The van der Waals surface area contributed by atoms with E-state index in [0.717, 1.165) is 65.0 Å². The normalized spacial score (nSPS) is 14.3. The van der Waals surface area contributed by atoms with Gasteiger partial charge >= 0.3 is 0 Å². The molecule has 0 saturated carbocycles. The van der Waals surface area contributed by atoms with Crippen molar-refractivity contribution in [1.82, 2.24) is 14.5 Å². The van der Waals surface area contributed by atoms with E-state index < -0.39 is 0 Å². The van der Waals surface area contributed by atoms with Gasteiger partial charge in [-0.25, -0.2) is 4.98 Å². The number of thiophene rings is 1. The van der Waals surface area contributed by atoms with Crippen molar-refractivity contribution >= 4 is 33.3 Å². The van der Waals surface area contributed by atoms with E-state index in [4.69, 9.17) is 9.72 Å². The lowest BCUT2D eigenvalue weighted by Crippen LogP contribution is -2.30. The number of hydrogen-bond donors (Lipinski definition) is 0. The third kappa shape index (κ3) is 3.96. The Morgan fingerprint density at radius 1 is 1.21 bits per heavy atom. The minimum absolute atomic E-state index is 0.0558. The summed E-state index contributed by atoms with van der Waals surface area (Å²) in [5.74, 6) is 1.75. The molecule has 3 aromatic rings. The number of aromatic nitrogens is 2. The molecular weight excluding hydrogens is 402 g/mol. The van der Waals surface area contributed by atoms with Gasteiger partial charge in [-0.3, -0.25) is 14.3 Å². The molecule has 3 heterocycles. The van der Waals surface area contributed by atoms with Gasteiger partial charge in [0.25, 0.3) is 5.56 Å². The van der Waals surface area contributed by atoms with E-state index in [1.807, 2.05) is 31.2 Å². The van der Waals surface area contributed by atoms with Crippen LogP contribution in [-0.4, -0.2) is 39.9 Å². The number of fused-ring (bicyclic) bond motifs is 3. The van der Waals surface area contributed by atoms with Gasteiger partial charge in [0.15, 0.2) is 5.16 Å². The average Bonchev–Trinajstić information content (AvgIpc) is 3.11. The summed E-state index contributed by atoms with van der Waals surface area (Å²) in [6.45, 7) is 9.89. The second-order valence-corrected chi connectivity index (χ2v) is 9.26. The maximum absolute atomic E-state index is 13.7. The molecule has 1 aliphatic rings. The second-order valence-electron chi connectivity index (χ2n) is 7.11. The fourth-order valence-electron chi connectivity index (χ4n) is 3.72. The quantitative estimate of drug-likeness (QED) is 0.401. The minimum atomic E-state index is 0.0558. The van der Waals surface area contributed by atoms with Gasteiger partial charge in [-0.15, -0.1) is 11.3 Å². The van der Waals surface area contributed by atoms with Crippen molar-refractivity contribution in [2.45, 2.75) is 45.3 Å². The number of hydrogen-bond acceptors (Lipinski definition) is 6. The van der Waals surface area contributed by atoms with E-state index in [1.54, 1.807) is 27.7 Å². The molecule has 4 rings (SSSR count). The summed E-state index contributed by atoms with van der Waals surface area (Å²) in [5, 5.41) is 1.59. The van der Waals surface area contributed by atoms with Crippen LogP contribution < -0.4 is 10.3 Å². The van der Waals surface area contributed by atoms with Crippen LogP contribution >= 0.6 is 23.1 Å². The first-order valence-corrected chi connectivity index (χ1v) is 12.1. The van der Waals surface area contributed by atoms with Gasteiger partial charge in [-0.1, -0.05) is 25.6 Å². The molecule has 29 heavy (non-hydrogen) atoms. The summed E-state index contributed by atoms with van der Waals surface area (Å²) in [7, 11) is 0. The second kappa shape index (κ2) is 8.90. The molecule has 2 aromatic heterocycles. The Morgan fingerprint density at radius 3 is 2.69 bits per heavy atom. The molecular formula is C22H27N3O2S2. The molecule has 154 valence electrons. The molecule has 1 aliphatic heterocycles. The first-order chi connectivity index (χ1) is 14.2. The lowest BCUT2D eigenvalue weighted by atomic mass is 10.1. The van der Waals surface area contributed by atoms with Crippen molar-refractivity contribution in [2.24, 2.45) is 0 Å². The van der Waals surface area contributed by atoms with Gasteiger partial charge in [0, 0.05) is 23.7 Å². The molecule has 1 aromatic carbocycles. The zero-order chi connectivity index (χ0) is 20.4. The van der Waals surface area contributed by atoms with Gasteiger partial charge in [-0.05, 0) is 56.1 Å². The van der Waals surface area contributed by atoms with Crippen molar-refractivity contribution in [2.75, 3.05) is 25.4 Å². The van der Waals surface area contributed by atoms with Crippen molar-refractivity contribution in [3.63, 3.8) is 0 Å². The van der Waals surface area contributed by atoms with Gasteiger partial charge in [0.1, 0.15) is 10.6 Å². The van der Waals surface area contributed by atoms with Crippen LogP contribution in [0.5, 0.6) is 5.75 Å². The van der Waals surface area contributed by atoms with Crippen LogP contribution in [0, 0.1) is 0 Å². The summed E-state index contributed by atoms with van der Waals surface area (Å²) in [4.78, 5) is 23.3. The van der Waals surface area contributed by atoms with Crippen molar-refractivity contribution in [3.8, 4) is 11.4 Å². The number of ether oxygens (including phenoxy) is 1. The topological polar surface area (TPSA) is 47.4 Å². The number of benzene rings is 1. The Kier molecular flexibility index (Phi) is 6.27. The van der Waals surface area contributed by atoms with E-state index in [2.05, 4.69) is 18.7 Å². The molecule has 0 bridgehead atoms. The number of nitrogens with zero attached hydrogens (tertiary/aromatic N) is 3. The predicted molar refractivity (Wildman–Crippen MR) is 122 cm³/mol. The van der Waals surface area contributed by atoms with Gasteiger partial charge < -0.3 is 4.74 Å². The lowest BCUT2D eigenvalue weighted by Gasteiger charge is -2.25. The monoisotopic (exact) mass is 429 g/mol. The maximum atomic E-state index is 13.7. The minimum Gasteiger partial charge on any atom is -0.494 e. The molecule has 0 fully saturated rings. The molecule has 0 aliphatic carbocycles. The summed E-state index contributed by atoms with van der Waals surface area (Å²) in [5.41, 5.74) is 2.11. The molecule has 0 radical (unpaired) electrons. The predicted octanol–water partition coefficient (Wildman–Crippen LogP) is 4.73. The molecule has 7 heteroatoms. The standard InChI is InChI=1S/C22H27N3O2S2/c1-4-13-28-22-23-20-19(17-11-12-24(5-2)14-18(17)29-20)21(26)25(22)15-7-9-16(10-8-15)27-6-3/h7-10H,4-6,11-14H2,1-3H3. The molecule has 5 nitrogen and oxygen atoms in total. The lowest BCUT2D eigenvalue weighted by molar-refractivity contribution is 0.272. The van der Waals surface area contributed by atoms with Crippen molar-refractivity contribution < 1.29 is 4.74 Å². The van der Waals surface area contributed by atoms with Gasteiger partial charge in [0.05, 0.1) is 17.7 Å². The third-order valence-electron chi connectivity index (χ3n) is 5.21. The highest BCUT2D eigenvalue weighted by atomic mass is 32.2. The van der Waals surface area contributed by atoms with Crippen molar-refractivity contribution in [1.29, 1.82) is 0 Å². The fourth-order valence-corrected chi connectivity index (χ4v) is 5.89. The van der Waals surface area contributed by atoms with E-state index in [1.165, 1.54) is 10.4 Å². The molecule has 0 atom stereocenters. The van der Waals surface area contributed by atoms with Crippen LogP contribution in [0.4, 0.5) is 0 Å². The van der Waals surface area contributed by atoms with Crippen LogP contribution in [0.2, 0.25) is 0 Å². The van der Waals surface area contributed by atoms with Crippen LogP contribution in [-0.2, 0) is 13.0 Å².